The first kappa shape index (κ1) is 19.9. The molecule has 0 bridgehead atoms. The number of likely N-dealkylation sites (tertiary alicyclic amines) is 1. The second-order valence-corrected chi connectivity index (χ2v) is 8.48. The van der Waals surface area contributed by atoms with E-state index in [1.54, 1.807) is 12.4 Å². The SMILES string of the molecule is Cn1c(SCC(=O)N2CCC[C@H]2c2ccc3c(c2)OCCO3)nnc1-c1ccncc1. The number of carbonyl (C=O) groups excluding carboxylic acids is 1. The third kappa shape index (κ3) is 3.97. The van der Waals surface area contributed by atoms with Crippen LogP contribution in [0.15, 0.2) is 47.9 Å². The number of amides is 1. The average Bonchev–Trinajstić information content (AvgIpc) is 3.45. The molecule has 0 saturated carbocycles. The largest absolute Gasteiger partial charge is 0.486 e. The molecule has 160 valence electrons. The number of ether oxygens (including phenoxy) is 2. The van der Waals surface area contributed by atoms with Crippen LogP contribution in [0, 0.1) is 0 Å². The Morgan fingerprint density at radius 1 is 1.13 bits per heavy atom. The first-order valence-corrected chi connectivity index (χ1v) is 11.3. The molecule has 3 aromatic rings. The molecule has 1 fully saturated rings. The summed E-state index contributed by atoms with van der Waals surface area (Å²) in [6.45, 7) is 1.89. The van der Waals surface area contributed by atoms with Crippen LogP contribution in [0.4, 0.5) is 0 Å². The highest BCUT2D eigenvalue weighted by atomic mass is 32.2. The van der Waals surface area contributed by atoms with E-state index in [2.05, 4.69) is 15.2 Å². The Hall–Kier alpha value is -3.07. The minimum absolute atomic E-state index is 0.0656. The molecule has 9 heteroatoms. The molecule has 5 rings (SSSR count). The van der Waals surface area contributed by atoms with Gasteiger partial charge in [-0.2, -0.15) is 0 Å². The van der Waals surface area contributed by atoms with Gasteiger partial charge in [-0.25, -0.2) is 0 Å². The Morgan fingerprint density at radius 2 is 1.94 bits per heavy atom. The van der Waals surface area contributed by atoms with Crippen molar-refractivity contribution in [2.45, 2.75) is 24.0 Å². The number of nitrogens with zero attached hydrogens (tertiary/aromatic N) is 5. The van der Waals surface area contributed by atoms with E-state index in [9.17, 15) is 4.79 Å². The van der Waals surface area contributed by atoms with Crippen LogP contribution in [0.25, 0.3) is 11.4 Å². The molecule has 2 aliphatic rings. The molecule has 2 aliphatic heterocycles. The van der Waals surface area contributed by atoms with Crippen LogP contribution in [0.3, 0.4) is 0 Å². The quantitative estimate of drug-likeness (QED) is 0.567. The Balaban J connectivity index is 1.27. The van der Waals surface area contributed by atoms with Gasteiger partial charge in [0.05, 0.1) is 11.8 Å². The van der Waals surface area contributed by atoms with Crippen molar-refractivity contribution in [2.24, 2.45) is 7.05 Å². The van der Waals surface area contributed by atoms with Gasteiger partial charge in [0, 0.05) is 31.5 Å². The minimum Gasteiger partial charge on any atom is -0.486 e. The number of hydrogen-bond donors (Lipinski definition) is 0. The molecular formula is C22H23N5O3S. The van der Waals surface area contributed by atoms with Crippen molar-refractivity contribution in [1.82, 2.24) is 24.6 Å². The summed E-state index contributed by atoms with van der Waals surface area (Å²) < 4.78 is 13.3. The zero-order chi connectivity index (χ0) is 21.2. The summed E-state index contributed by atoms with van der Waals surface area (Å²) in [5.74, 6) is 2.72. The van der Waals surface area contributed by atoms with Crippen molar-refractivity contribution in [3.63, 3.8) is 0 Å². The van der Waals surface area contributed by atoms with Crippen LogP contribution in [-0.2, 0) is 11.8 Å². The van der Waals surface area contributed by atoms with Crippen molar-refractivity contribution in [3.8, 4) is 22.9 Å². The molecule has 2 aromatic heterocycles. The first-order chi connectivity index (χ1) is 15.2. The highest BCUT2D eigenvalue weighted by molar-refractivity contribution is 7.99. The van der Waals surface area contributed by atoms with Gasteiger partial charge in [-0.1, -0.05) is 17.8 Å². The van der Waals surface area contributed by atoms with Crippen LogP contribution in [-0.4, -0.2) is 56.1 Å². The average molecular weight is 438 g/mol. The van der Waals surface area contributed by atoms with E-state index < -0.39 is 0 Å². The van der Waals surface area contributed by atoms with Crippen LogP contribution < -0.4 is 9.47 Å². The molecule has 8 nitrogen and oxygen atoms in total. The standard InChI is InChI=1S/C22H23N5O3S/c1-26-21(15-6-8-23-9-7-15)24-25-22(26)31-14-20(28)27-10-2-3-17(27)16-4-5-18-19(13-16)30-12-11-29-18/h4-9,13,17H,2-3,10-12,14H2,1H3/t17-/m0/s1. The van der Waals surface area contributed by atoms with E-state index in [1.165, 1.54) is 11.8 Å². The Bertz CT molecular complexity index is 1090. The molecule has 1 saturated heterocycles. The molecule has 1 aromatic carbocycles. The molecule has 0 N–H and O–H groups in total. The lowest BCUT2D eigenvalue weighted by molar-refractivity contribution is -0.129. The summed E-state index contributed by atoms with van der Waals surface area (Å²) in [5, 5.41) is 9.27. The third-order valence-electron chi connectivity index (χ3n) is 5.62. The fourth-order valence-corrected chi connectivity index (χ4v) is 4.88. The third-order valence-corrected chi connectivity index (χ3v) is 6.63. The van der Waals surface area contributed by atoms with E-state index >= 15 is 0 Å². The van der Waals surface area contributed by atoms with Crippen molar-refractivity contribution >= 4 is 17.7 Å². The van der Waals surface area contributed by atoms with E-state index in [0.717, 1.165) is 53.0 Å². The van der Waals surface area contributed by atoms with Gasteiger partial charge in [-0.15, -0.1) is 10.2 Å². The van der Waals surface area contributed by atoms with Crippen molar-refractivity contribution in [2.75, 3.05) is 25.5 Å². The summed E-state index contributed by atoms with van der Waals surface area (Å²) in [4.78, 5) is 19.1. The molecule has 4 heterocycles. The monoisotopic (exact) mass is 437 g/mol. The zero-order valence-electron chi connectivity index (χ0n) is 17.2. The van der Waals surface area contributed by atoms with E-state index in [-0.39, 0.29) is 11.9 Å². The van der Waals surface area contributed by atoms with Crippen LogP contribution in [0.2, 0.25) is 0 Å². The van der Waals surface area contributed by atoms with Gasteiger partial charge in [-0.05, 0) is 42.7 Å². The Morgan fingerprint density at radius 3 is 2.77 bits per heavy atom. The van der Waals surface area contributed by atoms with E-state index in [4.69, 9.17) is 9.47 Å². The second-order valence-electron chi connectivity index (χ2n) is 7.54. The molecule has 31 heavy (non-hydrogen) atoms. The number of aromatic nitrogens is 4. The highest BCUT2D eigenvalue weighted by Gasteiger charge is 2.31. The van der Waals surface area contributed by atoms with E-state index in [0.29, 0.717) is 19.0 Å². The summed E-state index contributed by atoms with van der Waals surface area (Å²) >= 11 is 1.42. The van der Waals surface area contributed by atoms with Gasteiger partial charge in [0.25, 0.3) is 0 Å². The van der Waals surface area contributed by atoms with Crippen molar-refractivity contribution in [3.05, 3.63) is 48.3 Å². The lowest BCUT2D eigenvalue weighted by atomic mass is 10.0. The number of pyridine rings is 1. The summed E-state index contributed by atoms with van der Waals surface area (Å²) in [6.07, 6.45) is 5.40. The minimum atomic E-state index is 0.0656. The number of carbonyl (C=O) groups is 1. The van der Waals surface area contributed by atoms with Gasteiger partial charge in [0.2, 0.25) is 5.91 Å². The topological polar surface area (TPSA) is 82.4 Å². The van der Waals surface area contributed by atoms with Crippen LogP contribution in [0.1, 0.15) is 24.4 Å². The number of hydrogen-bond acceptors (Lipinski definition) is 7. The number of fused-ring (bicyclic) bond motifs is 1. The Kier molecular flexibility index (Phi) is 5.50. The summed E-state index contributed by atoms with van der Waals surface area (Å²) in [6, 6.07) is 9.86. The maximum Gasteiger partial charge on any atom is 0.233 e. The maximum atomic E-state index is 13.1. The molecule has 1 atom stereocenters. The van der Waals surface area contributed by atoms with Gasteiger partial charge in [0.15, 0.2) is 22.5 Å². The van der Waals surface area contributed by atoms with E-state index in [1.807, 2.05) is 46.8 Å². The lowest BCUT2D eigenvalue weighted by Gasteiger charge is -2.26. The van der Waals surface area contributed by atoms with Crippen molar-refractivity contribution in [1.29, 1.82) is 0 Å². The molecule has 1 amide bonds. The number of thioether (sulfide) groups is 1. The predicted molar refractivity (Wildman–Crippen MR) is 116 cm³/mol. The first-order valence-electron chi connectivity index (χ1n) is 10.3. The molecule has 0 aliphatic carbocycles. The Labute approximate surface area is 184 Å². The lowest BCUT2D eigenvalue weighted by Crippen LogP contribution is -2.32. The van der Waals surface area contributed by atoms with Gasteiger partial charge in [-0.3, -0.25) is 9.78 Å². The van der Waals surface area contributed by atoms with Crippen LogP contribution >= 0.6 is 11.8 Å². The smallest absolute Gasteiger partial charge is 0.233 e. The normalized spacial score (nSPS) is 17.7. The fourth-order valence-electron chi connectivity index (χ4n) is 4.08. The number of rotatable bonds is 5. The summed E-state index contributed by atoms with van der Waals surface area (Å²) in [7, 11) is 1.91. The molecule has 0 unspecified atom stereocenters. The summed E-state index contributed by atoms with van der Waals surface area (Å²) in [5.41, 5.74) is 2.04. The predicted octanol–water partition coefficient (Wildman–Crippen LogP) is 3.10. The fraction of sp³-hybridized carbons (Fsp3) is 0.364. The van der Waals surface area contributed by atoms with Crippen LogP contribution in [0.5, 0.6) is 11.5 Å². The second kappa shape index (κ2) is 8.58. The molecular weight excluding hydrogens is 414 g/mol. The highest BCUT2D eigenvalue weighted by Crippen LogP contribution is 2.38. The zero-order valence-corrected chi connectivity index (χ0v) is 18.0. The van der Waals surface area contributed by atoms with Gasteiger partial charge < -0.3 is 18.9 Å². The van der Waals surface area contributed by atoms with Crippen molar-refractivity contribution < 1.29 is 14.3 Å². The molecule has 0 spiro atoms. The maximum absolute atomic E-state index is 13.1. The van der Waals surface area contributed by atoms with Gasteiger partial charge >= 0.3 is 0 Å². The number of benzene rings is 1. The molecule has 0 radical (unpaired) electrons. The van der Waals surface area contributed by atoms with Gasteiger partial charge in [0.1, 0.15) is 13.2 Å².